The van der Waals surface area contributed by atoms with Crippen molar-refractivity contribution in [1.82, 2.24) is 9.80 Å². The third-order valence-electron chi connectivity index (χ3n) is 3.09. The van der Waals surface area contributed by atoms with Gasteiger partial charge in [0.25, 0.3) is 0 Å². The standard InChI is InChI=1S/C13H24N2O2/c1-3-8-14(9-4-2)13(17)11-15-10-6-5-7-12(15)16/h3-11H2,1-2H3. The van der Waals surface area contributed by atoms with E-state index in [1.807, 2.05) is 4.90 Å². The highest BCUT2D eigenvalue weighted by Crippen LogP contribution is 2.10. The predicted molar refractivity (Wildman–Crippen MR) is 67.6 cm³/mol. The van der Waals surface area contributed by atoms with Crippen LogP contribution in [0.1, 0.15) is 46.0 Å². The second-order valence-electron chi connectivity index (χ2n) is 4.65. The zero-order valence-electron chi connectivity index (χ0n) is 11.1. The predicted octanol–water partition coefficient (Wildman–Crippen LogP) is 1.65. The first-order valence-electron chi connectivity index (χ1n) is 6.74. The van der Waals surface area contributed by atoms with Crippen molar-refractivity contribution in [3.8, 4) is 0 Å². The van der Waals surface area contributed by atoms with Crippen LogP contribution in [0.25, 0.3) is 0 Å². The van der Waals surface area contributed by atoms with Gasteiger partial charge in [-0.2, -0.15) is 0 Å². The molecule has 1 saturated heterocycles. The Labute approximate surface area is 104 Å². The first-order chi connectivity index (χ1) is 8.19. The maximum absolute atomic E-state index is 12.1. The lowest BCUT2D eigenvalue weighted by atomic mass is 10.1. The molecule has 1 aliphatic rings. The van der Waals surface area contributed by atoms with Gasteiger partial charge in [0, 0.05) is 26.1 Å². The number of hydrogen-bond acceptors (Lipinski definition) is 2. The summed E-state index contributed by atoms with van der Waals surface area (Å²) < 4.78 is 0. The van der Waals surface area contributed by atoms with Gasteiger partial charge in [-0.05, 0) is 25.7 Å². The molecular weight excluding hydrogens is 216 g/mol. The van der Waals surface area contributed by atoms with Crippen LogP contribution in [0, 0.1) is 0 Å². The summed E-state index contributed by atoms with van der Waals surface area (Å²) in [5, 5.41) is 0. The fourth-order valence-electron chi connectivity index (χ4n) is 2.19. The summed E-state index contributed by atoms with van der Waals surface area (Å²) in [4.78, 5) is 27.3. The van der Waals surface area contributed by atoms with Crippen molar-refractivity contribution in [1.29, 1.82) is 0 Å². The van der Waals surface area contributed by atoms with Gasteiger partial charge < -0.3 is 9.80 Å². The number of rotatable bonds is 6. The van der Waals surface area contributed by atoms with Crippen molar-refractivity contribution in [2.75, 3.05) is 26.2 Å². The molecule has 0 aromatic carbocycles. The Hall–Kier alpha value is -1.06. The number of carbonyl (C=O) groups is 2. The SMILES string of the molecule is CCCN(CCC)C(=O)CN1CCCCC1=O. The van der Waals surface area contributed by atoms with Gasteiger partial charge in [0.1, 0.15) is 0 Å². The van der Waals surface area contributed by atoms with Crippen molar-refractivity contribution in [3.05, 3.63) is 0 Å². The number of hydrogen-bond donors (Lipinski definition) is 0. The molecule has 0 bridgehead atoms. The first-order valence-corrected chi connectivity index (χ1v) is 6.74. The normalized spacial score (nSPS) is 16.1. The number of likely N-dealkylation sites (tertiary alicyclic amines) is 1. The molecule has 0 saturated carbocycles. The van der Waals surface area contributed by atoms with E-state index in [0.29, 0.717) is 6.42 Å². The van der Waals surface area contributed by atoms with Crippen molar-refractivity contribution in [3.63, 3.8) is 0 Å². The minimum Gasteiger partial charge on any atom is -0.341 e. The van der Waals surface area contributed by atoms with E-state index in [-0.39, 0.29) is 18.4 Å². The van der Waals surface area contributed by atoms with Gasteiger partial charge in [-0.25, -0.2) is 0 Å². The molecule has 0 radical (unpaired) electrons. The van der Waals surface area contributed by atoms with E-state index >= 15 is 0 Å². The molecule has 0 atom stereocenters. The number of amides is 2. The van der Waals surface area contributed by atoms with E-state index in [1.165, 1.54) is 0 Å². The third-order valence-corrected chi connectivity index (χ3v) is 3.09. The smallest absolute Gasteiger partial charge is 0.242 e. The van der Waals surface area contributed by atoms with E-state index in [4.69, 9.17) is 0 Å². The highest BCUT2D eigenvalue weighted by atomic mass is 16.2. The summed E-state index contributed by atoms with van der Waals surface area (Å²) >= 11 is 0. The average Bonchev–Trinajstić information content (AvgIpc) is 2.32. The van der Waals surface area contributed by atoms with Crippen LogP contribution in [0.4, 0.5) is 0 Å². The Bertz CT molecular complexity index is 260. The largest absolute Gasteiger partial charge is 0.341 e. The van der Waals surface area contributed by atoms with Crippen molar-refractivity contribution < 1.29 is 9.59 Å². The van der Waals surface area contributed by atoms with Gasteiger partial charge in [-0.3, -0.25) is 9.59 Å². The molecule has 4 nitrogen and oxygen atoms in total. The highest BCUT2D eigenvalue weighted by molar-refractivity contribution is 5.85. The summed E-state index contributed by atoms with van der Waals surface area (Å²) in [7, 11) is 0. The van der Waals surface area contributed by atoms with E-state index in [0.717, 1.165) is 45.3 Å². The molecule has 0 N–H and O–H groups in total. The molecule has 1 aliphatic heterocycles. The third kappa shape index (κ3) is 4.36. The molecule has 17 heavy (non-hydrogen) atoms. The summed E-state index contributed by atoms with van der Waals surface area (Å²) in [6.07, 6.45) is 4.55. The minimum atomic E-state index is 0.101. The first kappa shape index (κ1) is 14.0. The zero-order chi connectivity index (χ0) is 12.7. The number of nitrogens with zero attached hydrogens (tertiary/aromatic N) is 2. The van der Waals surface area contributed by atoms with E-state index < -0.39 is 0 Å². The van der Waals surface area contributed by atoms with E-state index in [9.17, 15) is 9.59 Å². The van der Waals surface area contributed by atoms with Gasteiger partial charge >= 0.3 is 0 Å². The second kappa shape index (κ2) is 7.30. The van der Waals surface area contributed by atoms with Crippen LogP contribution in [0.15, 0.2) is 0 Å². The van der Waals surface area contributed by atoms with Gasteiger partial charge in [0.05, 0.1) is 6.54 Å². The monoisotopic (exact) mass is 240 g/mol. The van der Waals surface area contributed by atoms with Gasteiger partial charge in [-0.15, -0.1) is 0 Å². The molecular formula is C13H24N2O2. The molecule has 1 fully saturated rings. The topological polar surface area (TPSA) is 40.6 Å². The average molecular weight is 240 g/mol. The van der Waals surface area contributed by atoms with E-state index in [2.05, 4.69) is 13.8 Å². The lowest BCUT2D eigenvalue weighted by Gasteiger charge is -2.29. The number of carbonyl (C=O) groups excluding carboxylic acids is 2. The summed E-state index contributed by atoms with van der Waals surface area (Å²) in [5.74, 6) is 0.237. The molecule has 0 aromatic heterocycles. The van der Waals surface area contributed by atoms with Crippen LogP contribution < -0.4 is 0 Å². The summed E-state index contributed by atoms with van der Waals surface area (Å²) in [6, 6.07) is 0. The van der Waals surface area contributed by atoms with E-state index in [1.54, 1.807) is 4.90 Å². The highest BCUT2D eigenvalue weighted by Gasteiger charge is 2.22. The Morgan fingerprint density at radius 1 is 1.24 bits per heavy atom. The molecule has 0 unspecified atom stereocenters. The lowest BCUT2D eigenvalue weighted by molar-refractivity contribution is -0.142. The molecule has 2 amide bonds. The van der Waals surface area contributed by atoms with Crippen LogP contribution in [-0.4, -0.2) is 47.8 Å². The molecule has 4 heteroatoms. The van der Waals surface area contributed by atoms with Crippen LogP contribution >= 0.6 is 0 Å². The van der Waals surface area contributed by atoms with Crippen LogP contribution in [0.5, 0.6) is 0 Å². The van der Waals surface area contributed by atoms with Gasteiger partial charge in [0.2, 0.25) is 11.8 Å². The summed E-state index contributed by atoms with van der Waals surface area (Å²) in [6.45, 7) is 6.77. The Morgan fingerprint density at radius 2 is 1.88 bits per heavy atom. The van der Waals surface area contributed by atoms with Crippen molar-refractivity contribution in [2.45, 2.75) is 46.0 Å². The fourth-order valence-corrected chi connectivity index (χ4v) is 2.19. The van der Waals surface area contributed by atoms with Crippen LogP contribution in [-0.2, 0) is 9.59 Å². The molecule has 1 heterocycles. The quantitative estimate of drug-likeness (QED) is 0.708. The molecule has 0 spiro atoms. The van der Waals surface area contributed by atoms with Gasteiger partial charge in [0.15, 0.2) is 0 Å². The maximum atomic E-state index is 12.1. The molecule has 0 aromatic rings. The van der Waals surface area contributed by atoms with Crippen molar-refractivity contribution >= 4 is 11.8 Å². The van der Waals surface area contributed by atoms with Crippen LogP contribution in [0.2, 0.25) is 0 Å². The minimum absolute atomic E-state index is 0.101. The fraction of sp³-hybridized carbons (Fsp3) is 0.846. The van der Waals surface area contributed by atoms with Crippen LogP contribution in [0.3, 0.4) is 0 Å². The maximum Gasteiger partial charge on any atom is 0.242 e. The Balaban J connectivity index is 2.46. The second-order valence-corrected chi connectivity index (χ2v) is 4.65. The van der Waals surface area contributed by atoms with Gasteiger partial charge in [-0.1, -0.05) is 13.8 Å². The Kier molecular flexibility index (Phi) is 6.01. The molecule has 98 valence electrons. The Morgan fingerprint density at radius 3 is 2.41 bits per heavy atom. The summed E-state index contributed by atoms with van der Waals surface area (Å²) in [5.41, 5.74) is 0. The van der Waals surface area contributed by atoms with Crippen molar-refractivity contribution in [2.24, 2.45) is 0 Å². The molecule has 0 aliphatic carbocycles. The number of piperidine rings is 1. The lowest BCUT2D eigenvalue weighted by Crippen LogP contribution is -2.45. The molecule has 1 rings (SSSR count). The zero-order valence-corrected chi connectivity index (χ0v) is 11.1.